The molecule has 0 N–H and O–H groups in total. The summed E-state index contributed by atoms with van der Waals surface area (Å²) in [6, 6.07) is 0. The fraction of sp³-hybridized carbons (Fsp3) is 0.769. The molecule has 1 heteroatoms. The van der Waals surface area contributed by atoms with Crippen molar-refractivity contribution >= 4 is 5.78 Å². The Morgan fingerprint density at radius 2 is 1.86 bits per heavy atom. The molecule has 14 heavy (non-hydrogen) atoms. The second-order valence-electron chi connectivity index (χ2n) is 4.67. The van der Waals surface area contributed by atoms with Gasteiger partial charge in [0.1, 0.15) is 0 Å². The number of rotatable bonds is 2. The molecule has 0 aromatic carbocycles. The largest absolute Gasteiger partial charge is 0.294 e. The average Bonchev–Trinajstić information content (AvgIpc) is 2.30. The number of hydrogen-bond acceptors (Lipinski definition) is 1. The lowest BCUT2D eigenvalue weighted by atomic mass is 9.81. The van der Waals surface area contributed by atoms with Gasteiger partial charge in [0, 0.05) is 5.92 Å². The number of carbonyl (C=O) groups excluding carboxylic acids is 1. The van der Waals surface area contributed by atoms with E-state index >= 15 is 0 Å². The van der Waals surface area contributed by atoms with E-state index in [1.54, 1.807) is 0 Å². The summed E-state index contributed by atoms with van der Waals surface area (Å²) in [5.74, 6) is 0.873. The molecule has 0 atom stereocenters. The first-order chi connectivity index (χ1) is 6.88. The maximum atomic E-state index is 12.1. The lowest BCUT2D eigenvalue weighted by molar-refractivity contribution is -0.120. The highest BCUT2D eigenvalue weighted by atomic mass is 16.1. The standard InChI is InChI=1S/C13H20O/c14-13(11-7-3-1-4-8-11)12-9-5-2-6-10-12/h7,12H,1-6,8-10H2. The molecular formula is C13H20O. The van der Waals surface area contributed by atoms with E-state index in [2.05, 4.69) is 6.08 Å². The van der Waals surface area contributed by atoms with Gasteiger partial charge in [-0.15, -0.1) is 0 Å². The van der Waals surface area contributed by atoms with Crippen LogP contribution in [0.2, 0.25) is 0 Å². The fourth-order valence-electron chi connectivity index (χ4n) is 2.69. The van der Waals surface area contributed by atoms with Gasteiger partial charge in [-0.2, -0.15) is 0 Å². The van der Waals surface area contributed by atoms with Crippen LogP contribution in [0.25, 0.3) is 0 Å². The van der Waals surface area contributed by atoms with E-state index in [1.807, 2.05) is 0 Å². The van der Waals surface area contributed by atoms with Gasteiger partial charge in [-0.1, -0.05) is 25.3 Å². The lowest BCUT2D eigenvalue weighted by Crippen LogP contribution is -2.20. The first kappa shape index (κ1) is 9.95. The molecule has 0 heterocycles. The zero-order valence-electron chi connectivity index (χ0n) is 8.93. The molecule has 0 aromatic heterocycles. The summed E-state index contributed by atoms with van der Waals surface area (Å²) in [6.45, 7) is 0. The first-order valence-electron chi connectivity index (χ1n) is 6.11. The van der Waals surface area contributed by atoms with Crippen molar-refractivity contribution in [1.82, 2.24) is 0 Å². The van der Waals surface area contributed by atoms with Crippen molar-refractivity contribution in [2.45, 2.75) is 57.8 Å². The predicted octanol–water partition coefficient (Wildman–Crippen LogP) is 3.64. The Morgan fingerprint density at radius 3 is 2.50 bits per heavy atom. The molecule has 0 aliphatic heterocycles. The Balaban J connectivity index is 1.95. The summed E-state index contributed by atoms with van der Waals surface area (Å²) >= 11 is 0. The first-order valence-corrected chi connectivity index (χ1v) is 6.11. The fourth-order valence-corrected chi connectivity index (χ4v) is 2.69. The molecule has 0 spiro atoms. The van der Waals surface area contributed by atoms with E-state index in [1.165, 1.54) is 32.1 Å². The molecule has 1 fully saturated rings. The monoisotopic (exact) mass is 192 g/mol. The van der Waals surface area contributed by atoms with Gasteiger partial charge < -0.3 is 0 Å². The second kappa shape index (κ2) is 4.77. The maximum absolute atomic E-state index is 12.1. The summed E-state index contributed by atoms with van der Waals surface area (Å²) in [5.41, 5.74) is 1.16. The van der Waals surface area contributed by atoms with Crippen molar-refractivity contribution in [1.29, 1.82) is 0 Å². The van der Waals surface area contributed by atoms with Crippen molar-refractivity contribution in [2.24, 2.45) is 5.92 Å². The summed E-state index contributed by atoms with van der Waals surface area (Å²) in [4.78, 5) is 12.1. The summed E-state index contributed by atoms with van der Waals surface area (Å²) in [5, 5.41) is 0. The Bertz CT molecular complexity index is 234. The van der Waals surface area contributed by atoms with E-state index < -0.39 is 0 Å². The molecule has 2 aliphatic carbocycles. The van der Waals surface area contributed by atoms with E-state index in [0.717, 1.165) is 31.3 Å². The van der Waals surface area contributed by atoms with Crippen LogP contribution in [0.5, 0.6) is 0 Å². The molecule has 78 valence electrons. The molecule has 0 bridgehead atoms. The minimum atomic E-state index is 0.382. The van der Waals surface area contributed by atoms with Gasteiger partial charge in [0.15, 0.2) is 5.78 Å². The SMILES string of the molecule is O=C(C1=CCCCC1)C1CCCCC1. The highest BCUT2D eigenvalue weighted by Crippen LogP contribution is 2.29. The number of carbonyl (C=O) groups is 1. The van der Waals surface area contributed by atoms with E-state index in [-0.39, 0.29) is 0 Å². The van der Waals surface area contributed by atoms with Crippen LogP contribution in [-0.4, -0.2) is 5.78 Å². The minimum Gasteiger partial charge on any atom is -0.294 e. The second-order valence-corrected chi connectivity index (χ2v) is 4.67. The summed E-state index contributed by atoms with van der Waals surface area (Å²) in [7, 11) is 0. The van der Waals surface area contributed by atoms with E-state index in [9.17, 15) is 4.79 Å². The molecule has 2 aliphatic rings. The van der Waals surface area contributed by atoms with E-state index in [4.69, 9.17) is 0 Å². The maximum Gasteiger partial charge on any atom is 0.161 e. The quantitative estimate of drug-likeness (QED) is 0.653. The zero-order chi connectivity index (χ0) is 9.80. The lowest BCUT2D eigenvalue weighted by Gasteiger charge is -2.22. The van der Waals surface area contributed by atoms with Gasteiger partial charge in [0.2, 0.25) is 0 Å². The third-order valence-electron chi connectivity index (χ3n) is 3.58. The van der Waals surface area contributed by atoms with Crippen LogP contribution in [0.1, 0.15) is 57.8 Å². The number of allylic oxidation sites excluding steroid dienone is 2. The van der Waals surface area contributed by atoms with E-state index in [0.29, 0.717) is 11.7 Å². The topological polar surface area (TPSA) is 17.1 Å². The van der Waals surface area contributed by atoms with Crippen molar-refractivity contribution in [3.05, 3.63) is 11.6 Å². The third-order valence-corrected chi connectivity index (χ3v) is 3.58. The van der Waals surface area contributed by atoms with Crippen molar-refractivity contribution in [2.75, 3.05) is 0 Å². The van der Waals surface area contributed by atoms with Crippen molar-refractivity contribution in [3.63, 3.8) is 0 Å². The normalized spacial score (nSPS) is 24.4. The Labute approximate surface area is 86.6 Å². The van der Waals surface area contributed by atoms with Crippen LogP contribution in [0.3, 0.4) is 0 Å². The molecule has 0 unspecified atom stereocenters. The van der Waals surface area contributed by atoms with Crippen LogP contribution < -0.4 is 0 Å². The van der Waals surface area contributed by atoms with Crippen molar-refractivity contribution in [3.8, 4) is 0 Å². The molecule has 0 aromatic rings. The predicted molar refractivity (Wildman–Crippen MR) is 58.1 cm³/mol. The Morgan fingerprint density at radius 1 is 1.07 bits per heavy atom. The minimum absolute atomic E-state index is 0.382. The van der Waals surface area contributed by atoms with Crippen LogP contribution in [0, 0.1) is 5.92 Å². The number of hydrogen-bond donors (Lipinski definition) is 0. The Kier molecular flexibility index (Phi) is 3.39. The van der Waals surface area contributed by atoms with Gasteiger partial charge in [-0.3, -0.25) is 4.79 Å². The highest BCUT2D eigenvalue weighted by Gasteiger charge is 2.24. The molecule has 0 radical (unpaired) electrons. The summed E-state index contributed by atoms with van der Waals surface area (Å²) < 4.78 is 0. The Hall–Kier alpha value is -0.590. The zero-order valence-corrected chi connectivity index (χ0v) is 8.93. The van der Waals surface area contributed by atoms with Crippen molar-refractivity contribution < 1.29 is 4.79 Å². The molecule has 0 amide bonds. The number of Topliss-reactive ketones (excluding diaryl/α,β-unsaturated/α-hetero) is 1. The third kappa shape index (κ3) is 2.26. The van der Waals surface area contributed by atoms with Gasteiger partial charge in [0.25, 0.3) is 0 Å². The molecule has 1 nitrogen and oxygen atoms in total. The van der Waals surface area contributed by atoms with Gasteiger partial charge >= 0.3 is 0 Å². The van der Waals surface area contributed by atoms with Gasteiger partial charge in [0.05, 0.1) is 0 Å². The van der Waals surface area contributed by atoms with Gasteiger partial charge in [-0.25, -0.2) is 0 Å². The van der Waals surface area contributed by atoms with Crippen LogP contribution in [0.4, 0.5) is 0 Å². The molecular weight excluding hydrogens is 172 g/mol. The smallest absolute Gasteiger partial charge is 0.161 e. The summed E-state index contributed by atoms with van der Waals surface area (Å²) in [6.07, 6.45) is 13.1. The molecule has 0 saturated heterocycles. The molecule has 1 saturated carbocycles. The van der Waals surface area contributed by atoms with Gasteiger partial charge in [-0.05, 0) is 44.1 Å². The van der Waals surface area contributed by atoms with Crippen LogP contribution >= 0.6 is 0 Å². The number of ketones is 1. The highest BCUT2D eigenvalue weighted by molar-refractivity contribution is 5.97. The average molecular weight is 192 g/mol. The van der Waals surface area contributed by atoms with Crippen LogP contribution in [0.15, 0.2) is 11.6 Å². The molecule has 2 rings (SSSR count). The van der Waals surface area contributed by atoms with Crippen LogP contribution in [-0.2, 0) is 4.79 Å².